The van der Waals surface area contributed by atoms with Crippen LogP contribution in [0.25, 0.3) is 0 Å². The molecule has 2 N–H and O–H groups in total. The second-order valence-electron chi connectivity index (χ2n) is 3.18. The van der Waals surface area contributed by atoms with Crippen molar-refractivity contribution in [2.45, 2.75) is 6.61 Å². The van der Waals surface area contributed by atoms with Crippen LogP contribution in [-0.4, -0.2) is 4.98 Å². The van der Waals surface area contributed by atoms with Gasteiger partial charge in [-0.2, -0.15) is 0 Å². The summed E-state index contributed by atoms with van der Waals surface area (Å²) in [4.78, 5) is 4.16. The Morgan fingerprint density at radius 2 is 1.81 bits per heavy atom. The van der Waals surface area contributed by atoms with E-state index in [9.17, 15) is 0 Å². The number of aromatic nitrogens is 1. The fourth-order valence-corrected chi connectivity index (χ4v) is 1.20. The van der Waals surface area contributed by atoms with E-state index in [4.69, 9.17) is 10.5 Å². The van der Waals surface area contributed by atoms with Gasteiger partial charge in [-0.3, -0.25) is 4.98 Å². The van der Waals surface area contributed by atoms with E-state index in [0.29, 0.717) is 6.61 Å². The lowest BCUT2D eigenvalue weighted by Gasteiger charge is -2.05. The molecule has 1 aromatic carbocycles. The van der Waals surface area contributed by atoms with Crippen LogP contribution in [0.2, 0.25) is 0 Å². The molecule has 0 aliphatic heterocycles. The van der Waals surface area contributed by atoms with Crippen LogP contribution < -0.4 is 10.5 Å². The highest BCUT2D eigenvalue weighted by Crippen LogP contribution is 2.14. The Morgan fingerprint density at radius 3 is 2.44 bits per heavy atom. The van der Waals surface area contributed by atoms with Gasteiger partial charge in [-0.15, -0.1) is 12.4 Å². The summed E-state index contributed by atoms with van der Waals surface area (Å²) in [5.74, 6) is 0.801. The average Bonchev–Trinajstić information content (AvgIpc) is 2.30. The molecule has 2 aromatic rings. The van der Waals surface area contributed by atoms with Gasteiger partial charge >= 0.3 is 0 Å². The van der Waals surface area contributed by atoms with Crippen LogP contribution in [-0.2, 0) is 6.61 Å². The number of anilines is 1. The van der Waals surface area contributed by atoms with Gasteiger partial charge in [0.15, 0.2) is 0 Å². The molecule has 84 valence electrons. The van der Waals surface area contributed by atoms with E-state index in [0.717, 1.165) is 17.1 Å². The molecule has 4 heteroatoms. The maximum atomic E-state index is 5.57. The van der Waals surface area contributed by atoms with Crippen LogP contribution in [0.15, 0.2) is 48.7 Å². The summed E-state index contributed by atoms with van der Waals surface area (Å²) < 4.78 is 5.53. The Morgan fingerprint density at radius 1 is 1.06 bits per heavy atom. The summed E-state index contributed by atoms with van der Waals surface area (Å²) in [5, 5.41) is 0. The maximum absolute atomic E-state index is 5.57. The lowest BCUT2D eigenvalue weighted by atomic mass is 10.3. The summed E-state index contributed by atoms with van der Waals surface area (Å²) in [6, 6.07) is 13.1. The lowest BCUT2D eigenvalue weighted by molar-refractivity contribution is 0.301. The second kappa shape index (κ2) is 5.98. The second-order valence-corrected chi connectivity index (χ2v) is 3.18. The van der Waals surface area contributed by atoms with E-state index in [2.05, 4.69) is 4.98 Å². The fraction of sp³-hybridized carbons (Fsp3) is 0.0833. The highest BCUT2D eigenvalue weighted by Gasteiger charge is 1.95. The minimum absolute atomic E-state index is 0. The summed E-state index contributed by atoms with van der Waals surface area (Å²) in [5.41, 5.74) is 7.21. The Hall–Kier alpha value is -1.74. The minimum atomic E-state index is 0. The molecule has 16 heavy (non-hydrogen) atoms. The van der Waals surface area contributed by atoms with E-state index in [1.54, 1.807) is 6.20 Å². The molecule has 0 saturated heterocycles. The molecule has 0 saturated carbocycles. The zero-order chi connectivity index (χ0) is 10.5. The quantitative estimate of drug-likeness (QED) is 0.834. The highest BCUT2D eigenvalue weighted by molar-refractivity contribution is 5.85. The summed E-state index contributed by atoms with van der Waals surface area (Å²) in [7, 11) is 0. The van der Waals surface area contributed by atoms with E-state index in [1.807, 2.05) is 42.5 Å². The molecular formula is C12H13ClN2O. The molecule has 0 aliphatic carbocycles. The number of pyridine rings is 1. The summed E-state index contributed by atoms with van der Waals surface area (Å²) in [6.45, 7) is 0.477. The molecule has 2 rings (SSSR count). The van der Waals surface area contributed by atoms with Crippen LogP contribution in [0.4, 0.5) is 5.69 Å². The zero-order valence-electron chi connectivity index (χ0n) is 8.67. The normalized spacial score (nSPS) is 9.25. The Bertz CT molecular complexity index is 417. The van der Waals surface area contributed by atoms with Crippen LogP contribution in [0.5, 0.6) is 5.75 Å². The number of halogens is 1. The Labute approximate surface area is 101 Å². The SMILES string of the molecule is Cl.Nc1ccc(OCc2ccccn2)cc1. The van der Waals surface area contributed by atoms with Crippen LogP contribution >= 0.6 is 12.4 Å². The number of rotatable bonds is 3. The number of hydrogen-bond donors (Lipinski definition) is 1. The van der Waals surface area contributed by atoms with Gasteiger partial charge in [-0.25, -0.2) is 0 Å². The van der Waals surface area contributed by atoms with Gasteiger partial charge in [-0.05, 0) is 36.4 Å². The topological polar surface area (TPSA) is 48.1 Å². The van der Waals surface area contributed by atoms with E-state index < -0.39 is 0 Å². The number of benzene rings is 1. The van der Waals surface area contributed by atoms with Crippen LogP contribution in [0, 0.1) is 0 Å². The zero-order valence-corrected chi connectivity index (χ0v) is 9.48. The van der Waals surface area contributed by atoms with Gasteiger partial charge in [0.2, 0.25) is 0 Å². The number of nitrogens with two attached hydrogens (primary N) is 1. The number of ether oxygens (including phenoxy) is 1. The standard InChI is InChI=1S/C12H12N2O.ClH/c13-10-4-6-12(7-5-10)15-9-11-3-1-2-8-14-11;/h1-8H,9,13H2;1H. The molecule has 1 aromatic heterocycles. The van der Waals surface area contributed by atoms with Crippen LogP contribution in [0.3, 0.4) is 0 Å². The van der Waals surface area contributed by atoms with Crippen molar-refractivity contribution in [1.82, 2.24) is 4.98 Å². The molecule has 0 atom stereocenters. The van der Waals surface area contributed by atoms with Crippen molar-refractivity contribution in [3.63, 3.8) is 0 Å². The van der Waals surface area contributed by atoms with Crippen LogP contribution in [0.1, 0.15) is 5.69 Å². The number of nitrogen functional groups attached to an aromatic ring is 1. The third-order valence-corrected chi connectivity index (χ3v) is 1.99. The number of nitrogens with zero attached hydrogens (tertiary/aromatic N) is 1. The monoisotopic (exact) mass is 236 g/mol. The first-order valence-electron chi connectivity index (χ1n) is 4.73. The van der Waals surface area contributed by atoms with Crippen molar-refractivity contribution in [2.24, 2.45) is 0 Å². The fourth-order valence-electron chi connectivity index (χ4n) is 1.20. The molecule has 0 radical (unpaired) electrons. The predicted molar refractivity (Wildman–Crippen MR) is 66.7 cm³/mol. The largest absolute Gasteiger partial charge is 0.487 e. The molecule has 0 amide bonds. The third kappa shape index (κ3) is 3.44. The minimum Gasteiger partial charge on any atom is -0.487 e. The smallest absolute Gasteiger partial charge is 0.130 e. The Kier molecular flexibility index (Phi) is 4.61. The molecule has 0 spiro atoms. The van der Waals surface area contributed by atoms with Gasteiger partial charge in [-0.1, -0.05) is 6.07 Å². The van der Waals surface area contributed by atoms with Crippen molar-refractivity contribution in [3.05, 3.63) is 54.4 Å². The predicted octanol–water partition coefficient (Wildman–Crippen LogP) is 2.66. The van der Waals surface area contributed by atoms with Gasteiger partial charge in [0.1, 0.15) is 12.4 Å². The van der Waals surface area contributed by atoms with Crippen molar-refractivity contribution in [1.29, 1.82) is 0 Å². The summed E-state index contributed by atoms with van der Waals surface area (Å²) in [6.07, 6.45) is 1.75. The first-order valence-corrected chi connectivity index (χ1v) is 4.73. The molecule has 1 heterocycles. The maximum Gasteiger partial charge on any atom is 0.130 e. The van der Waals surface area contributed by atoms with Crippen molar-refractivity contribution < 1.29 is 4.74 Å². The van der Waals surface area contributed by atoms with E-state index >= 15 is 0 Å². The van der Waals surface area contributed by atoms with Crippen molar-refractivity contribution in [2.75, 3.05) is 5.73 Å². The number of hydrogen-bond acceptors (Lipinski definition) is 3. The highest BCUT2D eigenvalue weighted by atomic mass is 35.5. The first kappa shape index (κ1) is 12.3. The van der Waals surface area contributed by atoms with E-state index in [-0.39, 0.29) is 12.4 Å². The molecule has 0 aliphatic rings. The van der Waals surface area contributed by atoms with Gasteiger partial charge in [0.25, 0.3) is 0 Å². The van der Waals surface area contributed by atoms with Crippen molar-refractivity contribution >= 4 is 18.1 Å². The average molecular weight is 237 g/mol. The molecular weight excluding hydrogens is 224 g/mol. The molecule has 0 unspecified atom stereocenters. The molecule has 3 nitrogen and oxygen atoms in total. The van der Waals surface area contributed by atoms with Crippen molar-refractivity contribution in [3.8, 4) is 5.75 Å². The molecule has 0 bridgehead atoms. The lowest BCUT2D eigenvalue weighted by Crippen LogP contribution is -1.97. The first-order chi connectivity index (χ1) is 7.34. The van der Waals surface area contributed by atoms with Gasteiger partial charge in [0.05, 0.1) is 5.69 Å². The third-order valence-electron chi connectivity index (χ3n) is 1.99. The summed E-state index contributed by atoms with van der Waals surface area (Å²) >= 11 is 0. The van der Waals surface area contributed by atoms with Gasteiger partial charge in [0, 0.05) is 11.9 Å². The Balaban J connectivity index is 0.00000128. The van der Waals surface area contributed by atoms with Gasteiger partial charge < -0.3 is 10.5 Å². The van der Waals surface area contributed by atoms with E-state index in [1.165, 1.54) is 0 Å². The molecule has 0 fully saturated rings.